The second kappa shape index (κ2) is 7.27. The van der Waals surface area contributed by atoms with Crippen molar-refractivity contribution >= 4 is 12.0 Å². The molecular weight excluding hydrogens is 240 g/mol. The van der Waals surface area contributed by atoms with Crippen molar-refractivity contribution in [3.63, 3.8) is 0 Å². The SMILES string of the molecule is N#CCN(CC#N)C(=O)/C=C\c1ccc(C#N)cc1. The first kappa shape index (κ1) is 14.0. The van der Waals surface area contributed by atoms with E-state index < -0.39 is 5.91 Å². The quantitative estimate of drug-likeness (QED) is 0.597. The molecule has 0 spiro atoms. The predicted octanol–water partition coefficient (Wildman–Crippen LogP) is 1.45. The summed E-state index contributed by atoms with van der Waals surface area (Å²) in [5.41, 5.74) is 1.31. The average Bonchev–Trinajstić information content (AvgIpc) is 2.45. The van der Waals surface area contributed by atoms with E-state index in [0.29, 0.717) is 5.56 Å². The number of amides is 1. The van der Waals surface area contributed by atoms with Crippen LogP contribution in [0, 0.1) is 34.0 Å². The van der Waals surface area contributed by atoms with Gasteiger partial charge in [-0.05, 0) is 23.8 Å². The molecule has 5 heteroatoms. The van der Waals surface area contributed by atoms with E-state index in [1.54, 1.807) is 30.3 Å². The number of nitrogens with zero attached hydrogens (tertiary/aromatic N) is 4. The summed E-state index contributed by atoms with van der Waals surface area (Å²) in [6, 6.07) is 12.4. The van der Waals surface area contributed by atoms with E-state index in [1.807, 2.05) is 18.2 Å². The maximum atomic E-state index is 11.7. The first-order valence-electron chi connectivity index (χ1n) is 5.42. The molecule has 0 heterocycles. The number of hydrogen-bond acceptors (Lipinski definition) is 4. The molecule has 1 aromatic rings. The van der Waals surface area contributed by atoms with Gasteiger partial charge in [0.1, 0.15) is 13.1 Å². The van der Waals surface area contributed by atoms with E-state index in [4.69, 9.17) is 15.8 Å². The maximum absolute atomic E-state index is 11.7. The highest BCUT2D eigenvalue weighted by Gasteiger charge is 2.08. The first-order chi connectivity index (χ1) is 9.21. The van der Waals surface area contributed by atoms with Crippen LogP contribution < -0.4 is 0 Å². The summed E-state index contributed by atoms with van der Waals surface area (Å²) in [6.07, 6.45) is 2.88. The van der Waals surface area contributed by atoms with E-state index >= 15 is 0 Å². The second-order valence-electron chi connectivity index (χ2n) is 3.58. The monoisotopic (exact) mass is 250 g/mol. The Morgan fingerprint density at radius 2 is 1.68 bits per heavy atom. The third kappa shape index (κ3) is 4.34. The average molecular weight is 250 g/mol. The lowest BCUT2D eigenvalue weighted by molar-refractivity contribution is -0.124. The third-order valence-corrected chi connectivity index (χ3v) is 2.29. The zero-order valence-corrected chi connectivity index (χ0v) is 10.1. The highest BCUT2D eigenvalue weighted by molar-refractivity contribution is 5.92. The van der Waals surface area contributed by atoms with Gasteiger partial charge in [0.25, 0.3) is 0 Å². The van der Waals surface area contributed by atoms with Gasteiger partial charge in [0.05, 0.1) is 23.8 Å². The standard InChI is InChI=1S/C14H10N4O/c15-7-9-18(10-8-16)14(19)6-5-12-1-3-13(11-17)4-2-12/h1-6H,9-10H2/b6-5-. The molecule has 0 aliphatic carbocycles. The summed E-state index contributed by atoms with van der Waals surface area (Å²) in [5, 5.41) is 25.7. The molecular formula is C14H10N4O. The van der Waals surface area contributed by atoms with E-state index in [1.165, 1.54) is 6.08 Å². The van der Waals surface area contributed by atoms with Crippen LogP contribution in [0.3, 0.4) is 0 Å². The summed E-state index contributed by atoms with van der Waals surface area (Å²) in [5.74, 6) is -0.396. The minimum absolute atomic E-state index is 0.121. The number of hydrogen-bond donors (Lipinski definition) is 0. The molecule has 0 radical (unpaired) electrons. The molecule has 0 aliphatic heterocycles. The Balaban J connectivity index is 2.74. The van der Waals surface area contributed by atoms with Crippen LogP contribution in [0.2, 0.25) is 0 Å². The fraction of sp³-hybridized carbons (Fsp3) is 0.143. The highest BCUT2D eigenvalue weighted by Crippen LogP contribution is 2.05. The fourth-order valence-corrected chi connectivity index (χ4v) is 1.32. The summed E-state index contributed by atoms with van der Waals surface area (Å²) < 4.78 is 0. The van der Waals surface area contributed by atoms with E-state index in [-0.39, 0.29) is 13.1 Å². The number of nitriles is 3. The van der Waals surface area contributed by atoms with Crippen molar-refractivity contribution < 1.29 is 4.79 Å². The van der Waals surface area contributed by atoms with Crippen LogP contribution in [0.15, 0.2) is 30.3 Å². The number of benzene rings is 1. The van der Waals surface area contributed by atoms with Crippen LogP contribution in [-0.2, 0) is 4.79 Å². The highest BCUT2D eigenvalue weighted by atomic mass is 16.2. The predicted molar refractivity (Wildman–Crippen MR) is 68.0 cm³/mol. The summed E-state index contributed by atoms with van der Waals surface area (Å²) in [4.78, 5) is 12.8. The molecule has 5 nitrogen and oxygen atoms in total. The van der Waals surface area contributed by atoms with E-state index in [0.717, 1.165) is 10.5 Å². The largest absolute Gasteiger partial charge is 0.313 e. The van der Waals surface area contributed by atoms with Crippen molar-refractivity contribution in [1.82, 2.24) is 4.90 Å². The smallest absolute Gasteiger partial charge is 0.248 e. The molecule has 0 bridgehead atoms. The summed E-state index contributed by atoms with van der Waals surface area (Å²) in [7, 11) is 0. The van der Waals surface area contributed by atoms with Crippen molar-refractivity contribution in [2.45, 2.75) is 0 Å². The van der Waals surface area contributed by atoms with E-state index in [9.17, 15) is 4.79 Å². The topological polar surface area (TPSA) is 91.7 Å². The van der Waals surface area contributed by atoms with Gasteiger partial charge < -0.3 is 4.90 Å². The minimum atomic E-state index is -0.396. The van der Waals surface area contributed by atoms with Gasteiger partial charge in [-0.15, -0.1) is 0 Å². The number of carbonyl (C=O) groups is 1. The molecule has 1 aromatic carbocycles. The van der Waals surface area contributed by atoms with Crippen LogP contribution in [0.5, 0.6) is 0 Å². The van der Waals surface area contributed by atoms with Crippen LogP contribution in [0.25, 0.3) is 6.08 Å². The van der Waals surface area contributed by atoms with Gasteiger partial charge >= 0.3 is 0 Å². The summed E-state index contributed by atoms with van der Waals surface area (Å²) >= 11 is 0. The molecule has 1 rings (SSSR count). The molecule has 0 unspecified atom stereocenters. The molecule has 1 amide bonds. The zero-order valence-electron chi connectivity index (χ0n) is 10.1. The number of rotatable bonds is 4. The van der Waals surface area contributed by atoms with Gasteiger partial charge in [-0.2, -0.15) is 15.8 Å². The Morgan fingerprint density at radius 1 is 1.11 bits per heavy atom. The van der Waals surface area contributed by atoms with Crippen molar-refractivity contribution in [2.75, 3.05) is 13.1 Å². The second-order valence-corrected chi connectivity index (χ2v) is 3.58. The Hall–Kier alpha value is -3.10. The summed E-state index contributed by atoms with van der Waals surface area (Å²) in [6.45, 7) is -0.242. The Bertz CT molecular complexity index is 580. The number of carbonyl (C=O) groups excluding carboxylic acids is 1. The normalized spacial score (nSPS) is 9.32. The Morgan fingerprint density at radius 3 is 2.16 bits per heavy atom. The van der Waals surface area contributed by atoms with Crippen molar-refractivity contribution in [2.24, 2.45) is 0 Å². The molecule has 0 saturated carbocycles. The molecule has 0 atom stereocenters. The van der Waals surface area contributed by atoms with Gasteiger partial charge in [0, 0.05) is 6.08 Å². The van der Waals surface area contributed by atoms with Gasteiger partial charge in [-0.1, -0.05) is 12.1 Å². The zero-order chi connectivity index (χ0) is 14.1. The van der Waals surface area contributed by atoms with E-state index in [2.05, 4.69) is 0 Å². The van der Waals surface area contributed by atoms with Crippen molar-refractivity contribution in [3.8, 4) is 18.2 Å². The van der Waals surface area contributed by atoms with Gasteiger partial charge in [0.2, 0.25) is 5.91 Å². The minimum Gasteiger partial charge on any atom is -0.313 e. The lowest BCUT2D eigenvalue weighted by Gasteiger charge is -2.12. The molecule has 19 heavy (non-hydrogen) atoms. The Labute approximate surface area is 111 Å². The van der Waals surface area contributed by atoms with Gasteiger partial charge in [-0.3, -0.25) is 4.79 Å². The molecule has 0 saturated heterocycles. The molecule has 92 valence electrons. The maximum Gasteiger partial charge on any atom is 0.248 e. The van der Waals surface area contributed by atoms with Crippen LogP contribution in [0.1, 0.15) is 11.1 Å². The van der Waals surface area contributed by atoms with Crippen LogP contribution >= 0.6 is 0 Å². The molecule has 0 aliphatic rings. The molecule has 0 aromatic heterocycles. The lowest BCUT2D eigenvalue weighted by atomic mass is 10.1. The van der Waals surface area contributed by atoms with Crippen molar-refractivity contribution in [1.29, 1.82) is 15.8 Å². The lowest BCUT2D eigenvalue weighted by Crippen LogP contribution is -2.30. The first-order valence-corrected chi connectivity index (χ1v) is 5.42. The molecule has 0 N–H and O–H groups in total. The fourth-order valence-electron chi connectivity index (χ4n) is 1.32. The third-order valence-electron chi connectivity index (χ3n) is 2.29. The molecule has 0 fully saturated rings. The van der Waals surface area contributed by atoms with Crippen LogP contribution in [0.4, 0.5) is 0 Å². The van der Waals surface area contributed by atoms with Gasteiger partial charge in [0.15, 0.2) is 0 Å². The van der Waals surface area contributed by atoms with Crippen molar-refractivity contribution in [3.05, 3.63) is 41.5 Å². The Kier molecular flexibility index (Phi) is 5.34. The van der Waals surface area contributed by atoms with Crippen LogP contribution in [-0.4, -0.2) is 23.9 Å². The van der Waals surface area contributed by atoms with Gasteiger partial charge in [-0.25, -0.2) is 0 Å².